The van der Waals surface area contributed by atoms with Crippen LogP contribution in [0.3, 0.4) is 0 Å². The fraction of sp³-hybridized carbons (Fsp3) is 0.500. The number of hydrogen-bond acceptors (Lipinski definition) is 3. The fourth-order valence-electron chi connectivity index (χ4n) is 1.45. The van der Waals surface area contributed by atoms with Crippen LogP contribution in [0, 0.1) is 0 Å². The second-order valence-electron chi connectivity index (χ2n) is 3.80. The lowest BCUT2D eigenvalue weighted by Gasteiger charge is -2.06. The number of rotatable bonds is 8. The molecule has 0 fully saturated rings. The van der Waals surface area contributed by atoms with Crippen molar-refractivity contribution in [3.05, 3.63) is 35.9 Å². The van der Waals surface area contributed by atoms with Crippen LogP contribution in [0.4, 0.5) is 0 Å². The molecule has 1 rings (SSSR count). The third-order valence-corrected chi connectivity index (χ3v) is 3.76. The van der Waals surface area contributed by atoms with Crippen molar-refractivity contribution in [2.24, 2.45) is 0 Å². The normalized spacial score (nSPS) is 11.6. The molecule has 0 heterocycles. The van der Waals surface area contributed by atoms with Gasteiger partial charge in [0.15, 0.2) is 0 Å². The van der Waals surface area contributed by atoms with E-state index in [1.165, 1.54) is 0 Å². The van der Waals surface area contributed by atoms with E-state index < -0.39 is 10.0 Å². The van der Waals surface area contributed by atoms with Gasteiger partial charge in [-0.1, -0.05) is 37.3 Å². The summed E-state index contributed by atoms with van der Waals surface area (Å²) in [5.74, 6) is 0.135. The quantitative estimate of drug-likeness (QED) is 0.675. The van der Waals surface area contributed by atoms with Crippen molar-refractivity contribution in [3.8, 4) is 0 Å². The van der Waals surface area contributed by atoms with Gasteiger partial charge < -0.3 is 5.32 Å². The molecule has 5 heteroatoms. The Morgan fingerprint density at radius 2 is 1.82 bits per heavy atom. The van der Waals surface area contributed by atoms with E-state index in [0.29, 0.717) is 13.1 Å². The predicted octanol–water partition coefficient (Wildman–Crippen LogP) is 0.758. The highest BCUT2D eigenvalue weighted by Crippen LogP contribution is 1.98. The second-order valence-corrected chi connectivity index (χ2v) is 5.73. The Balaban J connectivity index is 2.26. The smallest absolute Gasteiger partial charge is 0.212 e. The number of hydrogen-bond donors (Lipinski definition) is 2. The average molecular weight is 256 g/mol. The van der Waals surface area contributed by atoms with E-state index >= 15 is 0 Å². The van der Waals surface area contributed by atoms with E-state index in [0.717, 1.165) is 18.5 Å². The molecule has 0 atom stereocenters. The van der Waals surface area contributed by atoms with Crippen LogP contribution in [0.2, 0.25) is 0 Å². The minimum Gasteiger partial charge on any atom is -0.316 e. The van der Waals surface area contributed by atoms with Gasteiger partial charge >= 0.3 is 0 Å². The Morgan fingerprint density at radius 1 is 1.12 bits per heavy atom. The van der Waals surface area contributed by atoms with E-state index in [1.54, 1.807) is 0 Å². The summed E-state index contributed by atoms with van der Waals surface area (Å²) in [6.45, 7) is 3.70. The lowest BCUT2D eigenvalue weighted by Crippen LogP contribution is -2.33. The summed E-state index contributed by atoms with van der Waals surface area (Å²) < 4.78 is 25.7. The molecule has 0 amide bonds. The summed E-state index contributed by atoms with van der Waals surface area (Å²) in [6.07, 6.45) is 0.723. The topological polar surface area (TPSA) is 58.2 Å². The highest BCUT2D eigenvalue weighted by Gasteiger charge is 2.08. The zero-order chi connectivity index (χ0) is 12.6. The molecule has 0 unspecified atom stereocenters. The molecule has 0 bridgehead atoms. The summed E-state index contributed by atoms with van der Waals surface area (Å²) in [5.41, 5.74) is 1.14. The summed E-state index contributed by atoms with van der Waals surface area (Å²) in [6, 6.07) is 9.84. The number of nitrogens with one attached hydrogen (secondary N) is 2. The van der Waals surface area contributed by atoms with Crippen LogP contribution in [-0.4, -0.2) is 33.8 Å². The minimum absolute atomic E-state index is 0.135. The molecule has 1 aromatic carbocycles. The highest BCUT2D eigenvalue weighted by atomic mass is 32.2. The Morgan fingerprint density at radius 3 is 2.47 bits per heavy atom. The lowest BCUT2D eigenvalue weighted by atomic mass is 10.2. The molecule has 0 aliphatic rings. The minimum atomic E-state index is -3.14. The molecular weight excluding hydrogens is 236 g/mol. The highest BCUT2D eigenvalue weighted by molar-refractivity contribution is 7.89. The summed E-state index contributed by atoms with van der Waals surface area (Å²) >= 11 is 0. The van der Waals surface area contributed by atoms with Gasteiger partial charge in [0.05, 0.1) is 5.75 Å². The van der Waals surface area contributed by atoms with Gasteiger partial charge in [-0.2, -0.15) is 0 Å². The monoisotopic (exact) mass is 256 g/mol. The van der Waals surface area contributed by atoms with Gasteiger partial charge in [-0.05, 0) is 18.5 Å². The van der Waals surface area contributed by atoms with Gasteiger partial charge in [0, 0.05) is 13.1 Å². The number of sulfonamides is 1. The maximum Gasteiger partial charge on any atom is 0.212 e. The third kappa shape index (κ3) is 6.41. The first-order valence-corrected chi connectivity index (χ1v) is 7.51. The first-order valence-electron chi connectivity index (χ1n) is 5.86. The second kappa shape index (κ2) is 7.42. The van der Waals surface area contributed by atoms with Gasteiger partial charge in [-0.3, -0.25) is 0 Å². The molecule has 0 saturated heterocycles. The van der Waals surface area contributed by atoms with E-state index in [2.05, 4.69) is 10.0 Å². The Kier molecular flexibility index (Phi) is 6.18. The van der Waals surface area contributed by atoms with Crippen molar-refractivity contribution in [1.29, 1.82) is 0 Å². The number of benzene rings is 1. The van der Waals surface area contributed by atoms with E-state index in [4.69, 9.17) is 0 Å². The van der Waals surface area contributed by atoms with Crippen LogP contribution in [0.25, 0.3) is 0 Å². The van der Waals surface area contributed by atoms with Crippen molar-refractivity contribution in [2.45, 2.75) is 13.3 Å². The molecule has 0 spiro atoms. The predicted molar refractivity (Wildman–Crippen MR) is 70.5 cm³/mol. The third-order valence-electron chi connectivity index (χ3n) is 2.38. The van der Waals surface area contributed by atoms with Gasteiger partial charge in [0.1, 0.15) is 0 Å². The van der Waals surface area contributed by atoms with E-state index in [1.807, 2.05) is 37.3 Å². The van der Waals surface area contributed by atoms with Crippen molar-refractivity contribution in [2.75, 3.05) is 25.4 Å². The average Bonchev–Trinajstić information content (AvgIpc) is 2.30. The first kappa shape index (κ1) is 14.2. The van der Waals surface area contributed by atoms with E-state index in [9.17, 15) is 8.42 Å². The molecule has 17 heavy (non-hydrogen) atoms. The van der Waals surface area contributed by atoms with Crippen LogP contribution in [0.15, 0.2) is 30.3 Å². The first-order chi connectivity index (χ1) is 8.14. The maximum atomic E-state index is 11.5. The molecule has 2 N–H and O–H groups in total. The zero-order valence-corrected chi connectivity index (χ0v) is 11.0. The van der Waals surface area contributed by atoms with Crippen LogP contribution in [-0.2, 0) is 16.4 Å². The fourth-order valence-corrected chi connectivity index (χ4v) is 2.42. The Bertz CT molecular complexity index is 404. The van der Waals surface area contributed by atoms with Crippen molar-refractivity contribution in [1.82, 2.24) is 10.0 Å². The molecule has 0 aromatic heterocycles. The van der Waals surface area contributed by atoms with Gasteiger partial charge in [0.25, 0.3) is 0 Å². The van der Waals surface area contributed by atoms with Crippen LogP contribution in [0.1, 0.15) is 12.5 Å². The molecule has 4 nitrogen and oxygen atoms in total. The molecule has 0 saturated carbocycles. The SMILES string of the molecule is CCNCCS(=O)(=O)NCCc1ccccc1. The van der Waals surface area contributed by atoms with E-state index in [-0.39, 0.29) is 5.75 Å². The van der Waals surface area contributed by atoms with Crippen molar-refractivity contribution in [3.63, 3.8) is 0 Å². The summed E-state index contributed by atoms with van der Waals surface area (Å²) in [4.78, 5) is 0. The standard InChI is InChI=1S/C12H20N2O2S/c1-2-13-10-11-17(15,16)14-9-8-12-6-4-3-5-7-12/h3-7,13-14H,2,8-11H2,1H3. The summed E-state index contributed by atoms with van der Waals surface area (Å²) in [5, 5.41) is 2.99. The molecule has 0 aliphatic carbocycles. The van der Waals surface area contributed by atoms with Gasteiger partial charge in [-0.25, -0.2) is 13.1 Å². The van der Waals surface area contributed by atoms with Gasteiger partial charge in [0.2, 0.25) is 10.0 Å². The zero-order valence-electron chi connectivity index (χ0n) is 10.1. The molecule has 0 aliphatic heterocycles. The lowest BCUT2D eigenvalue weighted by molar-refractivity contribution is 0.578. The molecule has 96 valence electrons. The van der Waals surface area contributed by atoms with Crippen LogP contribution < -0.4 is 10.0 Å². The van der Waals surface area contributed by atoms with Crippen molar-refractivity contribution < 1.29 is 8.42 Å². The van der Waals surface area contributed by atoms with Crippen LogP contribution >= 0.6 is 0 Å². The largest absolute Gasteiger partial charge is 0.316 e. The maximum absolute atomic E-state index is 11.5. The Labute approximate surface area is 103 Å². The molecular formula is C12H20N2O2S. The van der Waals surface area contributed by atoms with Crippen LogP contribution in [0.5, 0.6) is 0 Å². The molecule has 1 aromatic rings. The molecule has 0 radical (unpaired) electrons. The summed E-state index contributed by atoms with van der Waals surface area (Å²) in [7, 11) is -3.14. The van der Waals surface area contributed by atoms with Gasteiger partial charge in [-0.15, -0.1) is 0 Å². The Hall–Kier alpha value is -0.910. The van der Waals surface area contributed by atoms with Crippen molar-refractivity contribution >= 4 is 10.0 Å².